The fourth-order valence-electron chi connectivity index (χ4n) is 6.32. The highest BCUT2D eigenvalue weighted by Gasteiger charge is 2.30. The summed E-state index contributed by atoms with van der Waals surface area (Å²) in [5.41, 5.74) is 10.7. The number of anilines is 4. The van der Waals surface area contributed by atoms with Crippen LogP contribution in [0.4, 0.5) is 49.1 Å². The average molecular weight is 1090 g/mol. The Morgan fingerprint density at radius 2 is 0.792 bits per heavy atom. The maximum Gasteiger partial charge on any atom is 0.416 e. The molecule has 22 heteroatoms. The molecule has 0 saturated carbocycles. The van der Waals surface area contributed by atoms with Crippen LogP contribution in [0.15, 0.2) is 166 Å². The summed E-state index contributed by atoms with van der Waals surface area (Å²) in [5.74, 6) is -3.29. The number of alkyl halides is 3. The van der Waals surface area contributed by atoms with E-state index in [1.807, 2.05) is 43.3 Å². The van der Waals surface area contributed by atoms with Crippen molar-refractivity contribution in [3.8, 4) is 0 Å². The smallest absolute Gasteiger partial charge is 0.416 e. The lowest BCUT2D eigenvalue weighted by Crippen LogP contribution is -2.22. The van der Waals surface area contributed by atoms with Crippen molar-refractivity contribution < 1.29 is 63.4 Å². The largest absolute Gasteiger partial charge is 0.461 e. The minimum absolute atomic E-state index is 0.00383. The van der Waals surface area contributed by atoms with E-state index in [0.29, 0.717) is 16.8 Å². The van der Waals surface area contributed by atoms with E-state index in [-0.39, 0.29) is 78.2 Å². The normalized spacial score (nSPS) is 11.7. The second-order valence-electron chi connectivity index (χ2n) is 16.3. The second-order valence-corrected chi connectivity index (χ2v) is 18.3. The molecule has 6 rings (SSSR count). The second kappa shape index (κ2) is 30.1. The van der Waals surface area contributed by atoms with Gasteiger partial charge in [0.1, 0.15) is 34.6 Å². The van der Waals surface area contributed by atoms with Crippen LogP contribution < -0.4 is 21.2 Å². The molecule has 0 fully saturated rings. The Hall–Kier alpha value is -8.53. The monoisotopic (exact) mass is 1090 g/mol. The van der Waals surface area contributed by atoms with Gasteiger partial charge in [-0.3, -0.25) is 16.3 Å². The number of rotatable bonds is 20. The SMILES string of the molecule is CCOC(=O)C(Cc1ccccc1F)=NNc1ccc(C(F)(F)F)cc1.CCOC(=O)C(Cc1ccccc1F)=NNc1ccc(N(C)C)cc1.CCOC(=O)C(Cc1ccccc1F)=NNc1ccc(S(C)(=O)=O)cc1. The summed E-state index contributed by atoms with van der Waals surface area (Å²) in [6.45, 7) is 5.49. The van der Waals surface area contributed by atoms with Crippen LogP contribution in [0.1, 0.15) is 43.0 Å². The Balaban J connectivity index is 0.000000249. The number of hydrazone groups is 3. The van der Waals surface area contributed by atoms with Gasteiger partial charge in [-0.1, -0.05) is 54.6 Å². The van der Waals surface area contributed by atoms with Crippen molar-refractivity contribution >= 4 is 67.6 Å². The van der Waals surface area contributed by atoms with E-state index >= 15 is 0 Å². The Labute approximate surface area is 442 Å². The molecule has 408 valence electrons. The molecule has 0 aliphatic rings. The van der Waals surface area contributed by atoms with Gasteiger partial charge in [0.2, 0.25) is 0 Å². The van der Waals surface area contributed by atoms with Gasteiger partial charge in [0.05, 0.1) is 47.3 Å². The molecule has 0 bridgehead atoms. The van der Waals surface area contributed by atoms with Crippen LogP contribution in [0.25, 0.3) is 0 Å². The summed E-state index contributed by atoms with van der Waals surface area (Å²) < 4.78 is 117. The molecular formula is C55H57F6N7O8S. The van der Waals surface area contributed by atoms with Crippen LogP contribution in [0.2, 0.25) is 0 Å². The third-order valence-electron chi connectivity index (χ3n) is 10.3. The molecule has 0 aromatic heterocycles. The number of carbonyl (C=O) groups is 3. The highest BCUT2D eigenvalue weighted by Crippen LogP contribution is 2.30. The van der Waals surface area contributed by atoms with Gasteiger partial charge in [0.25, 0.3) is 0 Å². The standard InChI is InChI=1S/C19H22FN3O2.C18H16F4N2O2.C18H19FN2O4S/c1-4-25-19(24)18(13-14-7-5-6-8-17(14)20)22-21-15-9-11-16(12-10-15)23(2)3;1-2-26-17(25)16(11-12-5-3-4-6-15(12)19)24-23-14-9-7-13(8-10-14)18(20,21)22;1-3-25-18(22)17(12-13-6-4-5-7-16(13)19)21-20-14-8-10-15(11-9-14)26(2,23)24/h5-12,21H,4,13H2,1-3H3;3-10,23H,2,11H2,1H3;4-11,20H,3,12H2,1-2H3. The summed E-state index contributed by atoms with van der Waals surface area (Å²) in [6.07, 6.45) is -3.45. The molecule has 3 N–H and O–H groups in total. The van der Waals surface area contributed by atoms with Crippen molar-refractivity contribution in [3.63, 3.8) is 0 Å². The van der Waals surface area contributed by atoms with Gasteiger partial charge in [0.15, 0.2) is 9.84 Å². The predicted octanol–water partition coefficient (Wildman–Crippen LogP) is 10.7. The summed E-state index contributed by atoms with van der Waals surface area (Å²) >= 11 is 0. The first-order valence-corrected chi connectivity index (χ1v) is 25.5. The average Bonchev–Trinajstić information content (AvgIpc) is 3.39. The van der Waals surface area contributed by atoms with Gasteiger partial charge in [0, 0.05) is 45.3 Å². The van der Waals surface area contributed by atoms with Crippen molar-refractivity contribution in [2.45, 2.75) is 51.1 Å². The molecule has 0 atom stereocenters. The van der Waals surface area contributed by atoms with Crippen molar-refractivity contribution in [2.24, 2.45) is 15.3 Å². The fraction of sp³-hybridized carbons (Fsp3) is 0.236. The predicted molar refractivity (Wildman–Crippen MR) is 285 cm³/mol. The molecule has 6 aromatic rings. The van der Waals surface area contributed by atoms with Crippen LogP contribution in [-0.2, 0) is 63.9 Å². The minimum atomic E-state index is -4.44. The van der Waals surface area contributed by atoms with Crippen LogP contribution in [0.3, 0.4) is 0 Å². The van der Waals surface area contributed by atoms with Crippen molar-refractivity contribution in [1.82, 2.24) is 0 Å². The molecule has 0 heterocycles. The Kier molecular flexibility index (Phi) is 23.9. The number of benzene rings is 6. The quantitative estimate of drug-likeness (QED) is 0.0216. The molecule has 0 amide bonds. The summed E-state index contributed by atoms with van der Waals surface area (Å²) in [4.78, 5) is 38.3. The zero-order valence-electron chi connectivity index (χ0n) is 42.8. The van der Waals surface area contributed by atoms with Gasteiger partial charge in [-0.15, -0.1) is 0 Å². The first-order chi connectivity index (χ1) is 36.6. The molecule has 0 unspecified atom stereocenters. The molecule has 6 aromatic carbocycles. The van der Waals surface area contributed by atoms with E-state index in [1.165, 1.54) is 66.7 Å². The minimum Gasteiger partial charge on any atom is -0.461 e. The van der Waals surface area contributed by atoms with Crippen LogP contribution >= 0.6 is 0 Å². The molecule has 0 aliphatic heterocycles. The topological polar surface area (TPSA) is 189 Å². The zero-order chi connectivity index (χ0) is 56.5. The molecule has 0 spiro atoms. The maximum absolute atomic E-state index is 13.9. The van der Waals surface area contributed by atoms with Crippen LogP contribution in [-0.4, -0.2) is 83.6 Å². The van der Waals surface area contributed by atoms with Crippen molar-refractivity contribution in [1.29, 1.82) is 0 Å². The lowest BCUT2D eigenvalue weighted by Gasteiger charge is -2.12. The van der Waals surface area contributed by atoms with E-state index in [4.69, 9.17) is 14.2 Å². The third-order valence-corrected chi connectivity index (χ3v) is 11.4. The van der Waals surface area contributed by atoms with Gasteiger partial charge in [-0.05, 0) is 128 Å². The van der Waals surface area contributed by atoms with Crippen molar-refractivity contribution in [3.05, 3.63) is 185 Å². The number of nitrogens with one attached hydrogen (secondary N) is 3. The van der Waals surface area contributed by atoms with E-state index in [9.17, 15) is 49.1 Å². The molecule has 0 radical (unpaired) electrons. The van der Waals surface area contributed by atoms with Crippen LogP contribution in [0.5, 0.6) is 0 Å². The number of esters is 3. The van der Waals surface area contributed by atoms with Gasteiger partial charge in [-0.2, -0.15) is 28.5 Å². The Morgan fingerprint density at radius 3 is 1.06 bits per heavy atom. The van der Waals surface area contributed by atoms with E-state index < -0.39 is 51.1 Å². The van der Waals surface area contributed by atoms with Gasteiger partial charge in [-0.25, -0.2) is 36.0 Å². The molecule has 0 aliphatic carbocycles. The van der Waals surface area contributed by atoms with Gasteiger partial charge >= 0.3 is 24.1 Å². The number of hydrogen-bond acceptors (Lipinski definition) is 15. The van der Waals surface area contributed by atoms with E-state index in [2.05, 4.69) is 31.6 Å². The summed E-state index contributed by atoms with van der Waals surface area (Å²) in [6, 6.07) is 35.8. The lowest BCUT2D eigenvalue weighted by molar-refractivity contribution is -0.138. The zero-order valence-corrected chi connectivity index (χ0v) is 43.6. The molecular weight excluding hydrogens is 1030 g/mol. The number of carbonyl (C=O) groups excluding carboxylic acids is 3. The number of sulfone groups is 1. The Morgan fingerprint density at radius 1 is 0.494 bits per heavy atom. The van der Waals surface area contributed by atoms with Gasteiger partial charge < -0.3 is 19.1 Å². The molecule has 15 nitrogen and oxygen atoms in total. The number of nitrogens with zero attached hydrogens (tertiary/aromatic N) is 4. The summed E-state index contributed by atoms with van der Waals surface area (Å²) in [5, 5.41) is 12.0. The fourth-order valence-corrected chi connectivity index (χ4v) is 6.95. The number of halogens is 6. The highest BCUT2D eigenvalue weighted by molar-refractivity contribution is 7.90. The molecule has 77 heavy (non-hydrogen) atoms. The van der Waals surface area contributed by atoms with E-state index in [1.54, 1.807) is 63.2 Å². The Bertz CT molecular complexity index is 3100. The number of hydrogen-bond donors (Lipinski definition) is 3. The first-order valence-electron chi connectivity index (χ1n) is 23.6. The third kappa shape index (κ3) is 20.6. The first kappa shape index (κ1) is 61.0. The van der Waals surface area contributed by atoms with Crippen LogP contribution in [0, 0.1) is 17.5 Å². The highest BCUT2D eigenvalue weighted by atomic mass is 32.2. The van der Waals surface area contributed by atoms with Crippen molar-refractivity contribution in [2.75, 3.05) is 61.3 Å². The summed E-state index contributed by atoms with van der Waals surface area (Å²) in [7, 11) is 0.608. The maximum atomic E-state index is 13.9. The van der Waals surface area contributed by atoms with E-state index in [0.717, 1.165) is 29.8 Å². The number of ether oxygens (including phenoxy) is 3. The lowest BCUT2D eigenvalue weighted by atomic mass is 10.1. The molecule has 0 saturated heterocycles.